The Kier molecular flexibility index (Phi) is 6.16. The molecule has 0 spiro atoms. The lowest BCUT2D eigenvalue weighted by Gasteiger charge is -2.35. The van der Waals surface area contributed by atoms with E-state index in [0.717, 1.165) is 30.9 Å². The van der Waals surface area contributed by atoms with Crippen LogP contribution < -0.4 is 9.88 Å². The number of nitrogens with one attached hydrogen (secondary N) is 1. The van der Waals surface area contributed by atoms with Crippen molar-refractivity contribution in [3.8, 4) is 0 Å². The number of aryl methyl sites for hydroxylation is 1. The van der Waals surface area contributed by atoms with Crippen molar-refractivity contribution in [2.45, 2.75) is 27.3 Å². The molecule has 7 heteroatoms. The van der Waals surface area contributed by atoms with Crippen molar-refractivity contribution in [1.29, 1.82) is 0 Å². The number of nitrogens with zero attached hydrogens (tertiary/aromatic N) is 4. The fraction of sp³-hybridized carbons (Fsp3) is 0.450. The van der Waals surface area contributed by atoms with Crippen molar-refractivity contribution < 1.29 is 9.78 Å². The minimum atomic E-state index is 0.0168. The maximum absolute atomic E-state index is 12.6. The van der Waals surface area contributed by atoms with Gasteiger partial charge in [0.2, 0.25) is 5.91 Å². The second-order valence-electron chi connectivity index (χ2n) is 7.27. The molecule has 3 heterocycles. The summed E-state index contributed by atoms with van der Waals surface area (Å²) >= 11 is 6.44. The SMILES string of the molecule is Cc1nn(CC(C)C)c(Cl)c1/C=C/C(=O)N1CCN(c2cc[nH+]cc2)CC1. The van der Waals surface area contributed by atoms with Crippen LogP contribution in [0, 0.1) is 12.8 Å². The molecule has 1 fully saturated rings. The number of hydrogen-bond donors (Lipinski definition) is 0. The standard InChI is InChI=1S/C20H26ClN5O/c1-15(2)14-26-20(21)18(16(3)23-26)4-5-19(27)25-12-10-24(11-13-25)17-6-8-22-9-7-17/h4-9,15H,10-14H2,1-3H3/p+1/b5-4+. The first kappa shape index (κ1) is 19.4. The minimum Gasteiger partial charge on any atom is -0.368 e. The van der Waals surface area contributed by atoms with Gasteiger partial charge in [-0.1, -0.05) is 25.4 Å². The number of aromatic nitrogens is 3. The second-order valence-corrected chi connectivity index (χ2v) is 7.63. The zero-order chi connectivity index (χ0) is 19.4. The molecule has 1 saturated heterocycles. The van der Waals surface area contributed by atoms with Crippen LogP contribution in [0.4, 0.5) is 5.69 Å². The molecule has 0 radical (unpaired) electrons. The number of amides is 1. The highest BCUT2D eigenvalue weighted by Crippen LogP contribution is 2.22. The van der Waals surface area contributed by atoms with Gasteiger partial charge >= 0.3 is 0 Å². The summed E-state index contributed by atoms with van der Waals surface area (Å²) in [5.41, 5.74) is 2.84. The third kappa shape index (κ3) is 4.69. The molecule has 0 unspecified atom stereocenters. The molecule has 27 heavy (non-hydrogen) atoms. The number of carbonyl (C=O) groups excluding carboxylic acids is 1. The zero-order valence-electron chi connectivity index (χ0n) is 16.2. The first-order valence-electron chi connectivity index (χ1n) is 9.36. The Morgan fingerprint density at radius 1 is 1.26 bits per heavy atom. The predicted octanol–water partition coefficient (Wildman–Crippen LogP) is 2.68. The number of aromatic amines is 1. The Morgan fingerprint density at radius 3 is 2.56 bits per heavy atom. The van der Waals surface area contributed by atoms with E-state index in [-0.39, 0.29) is 5.91 Å². The molecule has 1 aliphatic rings. The molecule has 6 nitrogen and oxygen atoms in total. The Balaban J connectivity index is 1.61. The molecule has 0 atom stereocenters. The van der Waals surface area contributed by atoms with Gasteiger partial charge in [-0.25, -0.2) is 4.98 Å². The van der Waals surface area contributed by atoms with Gasteiger partial charge in [-0.15, -0.1) is 0 Å². The largest absolute Gasteiger partial charge is 0.368 e. The van der Waals surface area contributed by atoms with E-state index in [1.807, 2.05) is 28.9 Å². The minimum absolute atomic E-state index is 0.0168. The summed E-state index contributed by atoms with van der Waals surface area (Å²) in [5, 5.41) is 5.08. The second kappa shape index (κ2) is 8.57. The number of hydrogen-bond acceptors (Lipinski definition) is 3. The lowest BCUT2D eigenvalue weighted by molar-refractivity contribution is -0.377. The zero-order valence-corrected chi connectivity index (χ0v) is 16.9. The molecule has 1 amide bonds. The van der Waals surface area contributed by atoms with E-state index in [9.17, 15) is 4.79 Å². The van der Waals surface area contributed by atoms with Crippen molar-refractivity contribution in [2.24, 2.45) is 5.92 Å². The summed E-state index contributed by atoms with van der Waals surface area (Å²) in [7, 11) is 0. The van der Waals surface area contributed by atoms with Crippen molar-refractivity contribution in [1.82, 2.24) is 14.7 Å². The van der Waals surface area contributed by atoms with Gasteiger partial charge in [-0.05, 0) is 18.9 Å². The smallest absolute Gasteiger partial charge is 0.246 e. The highest BCUT2D eigenvalue weighted by molar-refractivity contribution is 6.31. The number of carbonyl (C=O) groups is 1. The van der Waals surface area contributed by atoms with E-state index in [1.54, 1.807) is 12.2 Å². The molecular formula is C20H27ClN5O+. The molecule has 144 valence electrons. The van der Waals surface area contributed by atoms with Crippen LogP contribution in [-0.4, -0.2) is 46.8 Å². The van der Waals surface area contributed by atoms with Gasteiger partial charge in [0.15, 0.2) is 12.4 Å². The normalized spacial score (nSPS) is 15.1. The first-order valence-corrected chi connectivity index (χ1v) is 9.74. The van der Waals surface area contributed by atoms with E-state index < -0.39 is 0 Å². The van der Waals surface area contributed by atoms with Gasteiger partial charge in [0.1, 0.15) is 5.15 Å². The van der Waals surface area contributed by atoms with Crippen LogP contribution in [0.2, 0.25) is 5.15 Å². The van der Waals surface area contributed by atoms with Crippen molar-refractivity contribution in [3.63, 3.8) is 0 Å². The van der Waals surface area contributed by atoms with E-state index >= 15 is 0 Å². The molecule has 0 bridgehead atoms. The lowest BCUT2D eigenvalue weighted by Crippen LogP contribution is -2.48. The maximum Gasteiger partial charge on any atom is 0.246 e. The number of H-pyrrole nitrogens is 1. The summed E-state index contributed by atoms with van der Waals surface area (Å²) in [6.07, 6.45) is 7.24. The Hall–Kier alpha value is -2.34. The van der Waals surface area contributed by atoms with E-state index in [2.05, 4.69) is 41.0 Å². The van der Waals surface area contributed by atoms with Crippen LogP contribution in [0.15, 0.2) is 30.6 Å². The van der Waals surface area contributed by atoms with Crippen LogP contribution in [0.1, 0.15) is 25.1 Å². The monoisotopic (exact) mass is 388 g/mol. The molecule has 0 aliphatic carbocycles. The van der Waals surface area contributed by atoms with Crippen molar-refractivity contribution in [3.05, 3.63) is 47.0 Å². The Bertz CT molecular complexity index is 807. The molecule has 0 saturated carbocycles. The van der Waals surface area contributed by atoms with Crippen LogP contribution >= 0.6 is 11.6 Å². The third-order valence-corrected chi connectivity index (χ3v) is 5.10. The van der Waals surface area contributed by atoms with Gasteiger partial charge in [-0.2, -0.15) is 5.10 Å². The molecule has 0 aromatic carbocycles. The third-order valence-electron chi connectivity index (χ3n) is 4.70. The summed E-state index contributed by atoms with van der Waals surface area (Å²) in [6, 6.07) is 4.11. The maximum atomic E-state index is 12.6. The number of piperazine rings is 1. The predicted molar refractivity (Wildman–Crippen MR) is 108 cm³/mol. The molecule has 1 aliphatic heterocycles. The Labute approximate surface area is 165 Å². The number of anilines is 1. The van der Waals surface area contributed by atoms with Gasteiger partial charge in [0, 0.05) is 62.2 Å². The number of halogens is 1. The van der Waals surface area contributed by atoms with Gasteiger partial charge in [0.05, 0.1) is 5.69 Å². The lowest BCUT2D eigenvalue weighted by atomic mass is 10.2. The fourth-order valence-electron chi connectivity index (χ4n) is 3.26. The molecule has 2 aromatic rings. The fourth-order valence-corrected chi connectivity index (χ4v) is 3.56. The molecular weight excluding hydrogens is 362 g/mol. The van der Waals surface area contributed by atoms with Gasteiger partial charge in [-0.3, -0.25) is 9.48 Å². The highest BCUT2D eigenvalue weighted by Gasteiger charge is 2.20. The van der Waals surface area contributed by atoms with Crippen LogP contribution in [0.3, 0.4) is 0 Å². The van der Waals surface area contributed by atoms with Crippen LogP contribution in [-0.2, 0) is 11.3 Å². The molecule has 1 N–H and O–H groups in total. The quantitative estimate of drug-likeness (QED) is 0.740. The summed E-state index contributed by atoms with van der Waals surface area (Å²) in [4.78, 5) is 19.8. The summed E-state index contributed by atoms with van der Waals surface area (Å²) < 4.78 is 1.81. The average molecular weight is 389 g/mol. The van der Waals surface area contributed by atoms with E-state index in [1.165, 1.54) is 5.69 Å². The van der Waals surface area contributed by atoms with Crippen LogP contribution in [0.25, 0.3) is 6.08 Å². The van der Waals surface area contributed by atoms with Crippen LogP contribution in [0.5, 0.6) is 0 Å². The van der Waals surface area contributed by atoms with Crippen molar-refractivity contribution >= 4 is 29.3 Å². The van der Waals surface area contributed by atoms with E-state index in [4.69, 9.17) is 11.6 Å². The van der Waals surface area contributed by atoms with Gasteiger partial charge in [0.25, 0.3) is 0 Å². The van der Waals surface area contributed by atoms with Gasteiger partial charge < -0.3 is 9.80 Å². The van der Waals surface area contributed by atoms with Crippen molar-refractivity contribution in [2.75, 3.05) is 31.1 Å². The number of pyridine rings is 1. The Morgan fingerprint density at radius 2 is 1.93 bits per heavy atom. The highest BCUT2D eigenvalue weighted by atomic mass is 35.5. The number of rotatable bonds is 5. The molecule has 3 rings (SSSR count). The summed E-state index contributed by atoms with van der Waals surface area (Å²) in [6.45, 7) is 10.0. The summed E-state index contributed by atoms with van der Waals surface area (Å²) in [5.74, 6) is 0.474. The topological polar surface area (TPSA) is 55.5 Å². The average Bonchev–Trinajstić information content (AvgIpc) is 2.93. The molecule has 2 aromatic heterocycles. The van der Waals surface area contributed by atoms with E-state index in [0.29, 0.717) is 24.2 Å². The first-order chi connectivity index (χ1) is 13.0.